The summed E-state index contributed by atoms with van der Waals surface area (Å²) in [5, 5.41) is 15.0. The van der Waals surface area contributed by atoms with Gasteiger partial charge in [-0.1, -0.05) is 58.6 Å². The Bertz CT molecular complexity index is 737. The van der Waals surface area contributed by atoms with Gasteiger partial charge in [0.2, 0.25) is 11.8 Å². The van der Waals surface area contributed by atoms with Gasteiger partial charge >= 0.3 is 12.1 Å². The highest BCUT2D eigenvalue weighted by Crippen LogP contribution is 2.19. The summed E-state index contributed by atoms with van der Waals surface area (Å²) in [5.74, 6) is -2.52. The first-order valence-corrected chi connectivity index (χ1v) is 13.4. The van der Waals surface area contributed by atoms with Crippen LogP contribution in [0.1, 0.15) is 91.4 Å². The number of carbonyl (C=O) groups is 4. The molecule has 36 heavy (non-hydrogen) atoms. The number of hydrogen-bond acceptors (Lipinski definition) is 5. The zero-order valence-electron chi connectivity index (χ0n) is 22.8. The first-order valence-electron chi connectivity index (χ1n) is 13.4. The van der Waals surface area contributed by atoms with Crippen LogP contribution in [0.5, 0.6) is 0 Å². The molecule has 3 amide bonds. The van der Waals surface area contributed by atoms with Crippen molar-refractivity contribution in [3.63, 3.8) is 0 Å². The average molecular weight is 510 g/mol. The predicted octanol–water partition coefficient (Wildman–Crippen LogP) is 4.26. The molecule has 4 atom stereocenters. The number of ether oxygens (including phenoxy) is 1. The van der Waals surface area contributed by atoms with Gasteiger partial charge in [0.25, 0.3) is 0 Å². The summed E-state index contributed by atoms with van der Waals surface area (Å²) in [4.78, 5) is 52.0. The molecule has 0 aromatic rings. The molecule has 3 unspecified atom stereocenters. The number of aliphatic carboxylic acids is 1. The van der Waals surface area contributed by atoms with Crippen molar-refractivity contribution >= 4 is 23.9 Å². The quantitative estimate of drug-likeness (QED) is 0.298. The van der Waals surface area contributed by atoms with E-state index in [4.69, 9.17) is 4.74 Å². The maximum Gasteiger partial charge on any atom is 0.408 e. The molecule has 206 valence electrons. The summed E-state index contributed by atoms with van der Waals surface area (Å²) in [6, 6.07) is -2.19. The van der Waals surface area contributed by atoms with Gasteiger partial charge in [0.1, 0.15) is 18.2 Å². The van der Waals surface area contributed by atoms with Crippen molar-refractivity contribution in [2.45, 2.75) is 110 Å². The van der Waals surface area contributed by atoms with Crippen LogP contribution in [-0.2, 0) is 19.1 Å². The lowest BCUT2D eigenvalue weighted by atomic mass is 9.94. The summed E-state index contributed by atoms with van der Waals surface area (Å²) >= 11 is 0. The fraction of sp³-hybridized carbons (Fsp3) is 0.778. The van der Waals surface area contributed by atoms with Crippen molar-refractivity contribution in [2.75, 3.05) is 14.1 Å². The molecule has 1 aliphatic rings. The highest BCUT2D eigenvalue weighted by molar-refractivity contribution is 5.89. The molecule has 1 heterocycles. The molecule has 0 fully saturated rings. The van der Waals surface area contributed by atoms with Crippen molar-refractivity contribution in [3.8, 4) is 0 Å². The minimum Gasteiger partial charge on any atom is -0.480 e. The van der Waals surface area contributed by atoms with Gasteiger partial charge in [-0.05, 0) is 50.9 Å². The maximum absolute atomic E-state index is 13.1. The smallest absolute Gasteiger partial charge is 0.408 e. The Balaban J connectivity index is 3.13. The topological polar surface area (TPSA) is 125 Å². The molecule has 9 nitrogen and oxygen atoms in total. The number of nitrogens with zero attached hydrogens (tertiary/aromatic N) is 1. The van der Waals surface area contributed by atoms with E-state index in [1.807, 2.05) is 26.0 Å². The number of carbonyl (C=O) groups excluding carboxylic acids is 3. The van der Waals surface area contributed by atoms with Gasteiger partial charge in [0.05, 0.1) is 0 Å². The number of cyclic esters (lactones) is 1. The Morgan fingerprint density at radius 1 is 1.11 bits per heavy atom. The normalized spacial score (nSPS) is 25.1. The number of carboxylic acid groups (broad SMARTS) is 1. The van der Waals surface area contributed by atoms with Gasteiger partial charge < -0.3 is 25.4 Å². The first kappa shape index (κ1) is 31.4. The van der Waals surface area contributed by atoms with Crippen LogP contribution in [-0.4, -0.2) is 66.2 Å². The molecule has 0 saturated carbocycles. The van der Waals surface area contributed by atoms with E-state index in [0.717, 1.165) is 32.1 Å². The van der Waals surface area contributed by atoms with Crippen LogP contribution >= 0.6 is 0 Å². The Morgan fingerprint density at radius 2 is 1.81 bits per heavy atom. The number of amides is 3. The Labute approximate surface area is 216 Å². The second kappa shape index (κ2) is 17.0. The van der Waals surface area contributed by atoms with Crippen LogP contribution in [0.3, 0.4) is 0 Å². The highest BCUT2D eigenvalue weighted by atomic mass is 16.6. The lowest BCUT2D eigenvalue weighted by Gasteiger charge is -2.26. The fourth-order valence-electron chi connectivity index (χ4n) is 4.37. The van der Waals surface area contributed by atoms with E-state index >= 15 is 0 Å². The van der Waals surface area contributed by atoms with E-state index in [9.17, 15) is 24.3 Å². The highest BCUT2D eigenvalue weighted by Gasteiger charge is 2.32. The summed E-state index contributed by atoms with van der Waals surface area (Å²) in [5.41, 5.74) is 0. The molecule has 0 aromatic carbocycles. The second-order valence-corrected chi connectivity index (χ2v) is 10.4. The molecule has 0 spiro atoms. The van der Waals surface area contributed by atoms with Gasteiger partial charge in [-0.2, -0.15) is 0 Å². The van der Waals surface area contributed by atoms with E-state index in [1.54, 1.807) is 14.1 Å². The monoisotopic (exact) mass is 509 g/mol. The lowest BCUT2D eigenvalue weighted by molar-refractivity contribution is -0.143. The van der Waals surface area contributed by atoms with E-state index in [2.05, 4.69) is 17.6 Å². The molecule has 1 rings (SSSR count). The van der Waals surface area contributed by atoms with Crippen LogP contribution in [0, 0.1) is 11.8 Å². The maximum atomic E-state index is 13.1. The molecule has 0 bridgehead atoms. The fourth-order valence-corrected chi connectivity index (χ4v) is 4.37. The van der Waals surface area contributed by atoms with E-state index < -0.39 is 36.0 Å². The summed E-state index contributed by atoms with van der Waals surface area (Å²) in [6.07, 6.45) is 11.1. The number of rotatable bonds is 10. The largest absolute Gasteiger partial charge is 0.480 e. The van der Waals surface area contributed by atoms with Gasteiger partial charge in [-0.25, -0.2) is 9.59 Å². The van der Waals surface area contributed by atoms with Crippen molar-refractivity contribution in [1.29, 1.82) is 0 Å². The first-order chi connectivity index (χ1) is 17.0. The summed E-state index contributed by atoms with van der Waals surface area (Å²) in [7, 11) is 3.26. The number of unbranched alkanes of at least 4 members (excludes halogenated alkanes) is 4. The third-order valence-corrected chi connectivity index (χ3v) is 6.39. The van der Waals surface area contributed by atoms with Crippen molar-refractivity contribution in [1.82, 2.24) is 15.5 Å². The Hall–Kier alpha value is -2.58. The zero-order chi connectivity index (χ0) is 27.1. The standard InChI is InChI=1S/C27H47N3O6/c1-6-7-8-9-12-15-21-16-13-10-11-14-20(25(32)30(4)5)18-23(26(33)34)28-24(31)22(17-19(2)3)29-27(35)36-21/h10-11,19-23H,6-9,12-18H2,1-5H3,(H,28,31)(H,29,35)(H,33,34)/b11-10+/t20?,21?,22?,23-/m0/s1. The number of alkyl carbamates (subject to hydrolysis) is 1. The molecule has 9 heteroatoms. The van der Waals surface area contributed by atoms with Gasteiger partial charge in [0.15, 0.2) is 0 Å². The molecule has 3 N–H and O–H groups in total. The minimum atomic E-state index is -1.26. The average Bonchev–Trinajstić information content (AvgIpc) is 2.80. The predicted molar refractivity (Wildman–Crippen MR) is 139 cm³/mol. The number of nitrogens with one attached hydrogen (secondary N) is 2. The van der Waals surface area contributed by atoms with Crippen LogP contribution in [0.15, 0.2) is 12.2 Å². The molecule has 0 radical (unpaired) electrons. The molecule has 0 saturated heterocycles. The Morgan fingerprint density at radius 3 is 2.42 bits per heavy atom. The van der Waals surface area contributed by atoms with Crippen LogP contribution in [0.25, 0.3) is 0 Å². The second-order valence-electron chi connectivity index (χ2n) is 10.4. The molecule has 1 aliphatic heterocycles. The van der Waals surface area contributed by atoms with Crippen molar-refractivity contribution in [2.24, 2.45) is 11.8 Å². The van der Waals surface area contributed by atoms with Crippen molar-refractivity contribution in [3.05, 3.63) is 12.2 Å². The lowest BCUT2D eigenvalue weighted by Crippen LogP contribution is -2.53. The minimum absolute atomic E-state index is 0.0400. The van der Waals surface area contributed by atoms with E-state index in [1.165, 1.54) is 11.3 Å². The van der Waals surface area contributed by atoms with Crippen LogP contribution < -0.4 is 10.6 Å². The molecule has 0 aromatic heterocycles. The van der Waals surface area contributed by atoms with Crippen LogP contribution in [0.4, 0.5) is 4.79 Å². The molecular weight excluding hydrogens is 462 g/mol. The zero-order valence-corrected chi connectivity index (χ0v) is 22.8. The summed E-state index contributed by atoms with van der Waals surface area (Å²) < 4.78 is 5.72. The van der Waals surface area contributed by atoms with E-state index in [0.29, 0.717) is 25.7 Å². The van der Waals surface area contributed by atoms with E-state index in [-0.39, 0.29) is 24.3 Å². The van der Waals surface area contributed by atoms with Gasteiger partial charge in [-0.3, -0.25) is 9.59 Å². The van der Waals surface area contributed by atoms with Crippen LogP contribution in [0.2, 0.25) is 0 Å². The van der Waals surface area contributed by atoms with Crippen molar-refractivity contribution < 1.29 is 29.0 Å². The SMILES string of the molecule is CCCCCCCC1CC/C=C/CC(C(=O)N(C)C)C[C@@H](C(=O)O)NC(=O)C(CC(C)C)NC(=O)O1. The number of hydrogen-bond donors (Lipinski definition) is 3. The third-order valence-electron chi connectivity index (χ3n) is 6.39. The molecular formula is C27H47N3O6. The Kier molecular flexibility index (Phi) is 14.8. The summed E-state index contributed by atoms with van der Waals surface area (Å²) in [6.45, 7) is 6.00. The third kappa shape index (κ3) is 12.4. The number of carboxylic acids is 1. The van der Waals surface area contributed by atoms with Gasteiger partial charge in [0, 0.05) is 20.0 Å². The molecule has 0 aliphatic carbocycles. The van der Waals surface area contributed by atoms with Gasteiger partial charge in [-0.15, -0.1) is 0 Å². The number of allylic oxidation sites excluding steroid dienone is 2.